The Kier molecular flexibility index (Phi) is 3.79. The molecule has 3 N–H and O–H groups in total. The molecule has 0 aliphatic rings. The molecule has 0 saturated carbocycles. The molecule has 1 aromatic carbocycles. The van der Waals surface area contributed by atoms with Gasteiger partial charge in [-0.3, -0.25) is 4.79 Å². The summed E-state index contributed by atoms with van der Waals surface area (Å²) in [6, 6.07) is 3.62. The Morgan fingerprint density at radius 1 is 1.41 bits per heavy atom. The molecule has 0 bridgehead atoms. The van der Waals surface area contributed by atoms with Crippen molar-refractivity contribution in [2.45, 2.75) is 18.2 Å². The maximum atomic E-state index is 12.0. The van der Waals surface area contributed by atoms with Crippen LogP contribution in [0.25, 0.3) is 0 Å². The van der Waals surface area contributed by atoms with Gasteiger partial charge in [0.05, 0.1) is 4.90 Å². The fourth-order valence-electron chi connectivity index (χ4n) is 1.10. The molecule has 0 spiro atoms. The molecule has 0 saturated heterocycles. The summed E-state index contributed by atoms with van der Waals surface area (Å²) in [5.41, 5.74) is 0.438. The van der Waals surface area contributed by atoms with Crippen molar-refractivity contribution in [3.05, 3.63) is 23.8 Å². The number of carbonyl (C=O) groups is 1. The largest absolute Gasteiger partial charge is 0.321 e. The summed E-state index contributed by atoms with van der Waals surface area (Å²) in [5, 5.41) is 6.79. The molecule has 0 aliphatic carbocycles. The highest BCUT2D eigenvalue weighted by Gasteiger charge is 2.17. The first-order chi connectivity index (χ1) is 7.71. The minimum Gasteiger partial charge on any atom is -0.321 e. The number of alkyl halides is 2. The number of carbonyl (C=O) groups excluding carboxylic acids is 1. The van der Waals surface area contributed by atoms with E-state index in [0.29, 0.717) is 5.56 Å². The monoisotopic (exact) mass is 264 g/mol. The van der Waals surface area contributed by atoms with Crippen molar-refractivity contribution in [1.82, 2.24) is 0 Å². The van der Waals surface area contributed by atoms with Crippen molar-refractivity contribution in [2.75, 3.05) is 5.32 Å². The Hall–Kier alpha value is -1.54. The van der Waals surface area contributed by atoms with Crippen molar-refractivity contribution >= 4 is 21.6 Å². The number of rotatable bonds is 3. The van der Waals surface area contributed by atoms with Crippen LogP contribution < -0.4 is 10.5 Å². The Labute approximate surface area is 96.7 Å². The van der Waals surface area contributed by atoms with Gasteiger partial charge in [0.1, 0.15) is 0 Å². The van der Waals surface area contributed by atoms with E-state index in [1.54, 1.807) is 0 Å². The van der Waals surface area contributed by atoms with Crippen LogP contribution >= 0.6 is 0 Å². The first-order valence-electron chi connectivity index (χ1n) is 4.44. The molecule has 5 nitrogen and oxygen atoms in total. The van der Waals surface area contributed by atoms with Crippen LogP contribution in [0.15, 0.2) is 23.1 Å². The van der Waals surface area contributed by atoms with Crippen LogP contribution in [0.2, 0.25) is 0 Å². The Balaban J connectivity index is 3.12. The summed E-state index contributed by atoms with van der Waals surface area (Å²) < 4.78 is 46.1. The van der Waals surface area contributed by atoms with Crippen LogP contribution in [0.4, 0.5) is 14.5 Å². The quantitative estimate of drug-likeness (QED) is 0.848. The molecule has 1 rings (SSSR count). The molecule has 0 fully saturated rings. The number of anilines is 1. The molecule has 0 heterocycles. The number of hydrogen-bond acceptors (Lipinski definition) is 3. The lowest BCUT2D eigenvalue weighted by Crippen LogP contribution is -2.21. The minimum absolute atomic E-state index is 0.0122. The van der Waals surface area contributed by atoms with Crippen molar-refractivity contribution in [1.29, 1.82) is 0 Å². The fraction of sp³-hybridized carbons (Fsp3) is 0.222. The highest BCUT2D eigenvalue weighted by molar-refractivity contribution is 7.89. The number of aryl methyl sites for hydroxylation is 1. The number of nitrogens with two attached hydrogens (primary N) is 1. The molecule has 0 unspecified atom stereocenters. The topological polar surface area (TPSA) is 89.3 Å². The molecule has 17 heavy (non-hydrogen) atoms. The zero-order valence-corrected chi connectivity index (χ0v) is 9.59. The molecule has 94 valence electrons. The van der Waals surface area contributed by atoms with E-state index < -0.39 is 22.4 Å². The maximum Gasteiger partial charge on any atom is 0.315 e. The van der Waals surface area contributed by atoms with Crippen LogP contribution in [0, 0.1) is 6.92 Å². The van der Waals surface area contributed by atoms with E-state index in [-0.39, 0.29) is 10.6 Å². The van der Waals surface area contributed by atoms with Crippen LogP contribution in [0.5, 0.6) is 0 Å². The van der Waals surface area contributed by atoms with E-state index in [2.05, 4.69) is 0 Å². The first kappa shape index (κ1) is 13.5. The lowest BCUT2D eigenvalue weighted by atomic mass is 10.2. The lowest BCUT2D eigenvalue weighted by Gasteiger charge is -2.09. The van der Waals surface area contributed by atoms with E-state index in [1.807, 2.05) is 5.32 Å². The van der Waals surface area contributed by atoms with Crippen LogP contribution in [0.1, 0.15) is 5.56 Å². The number of primary sulfonamides is 1. The van der Waals surface area contributed by atoms with Crippen LogP contribution in [-0.4, -0.2) is 20.8 Å². The van der Waals surface area contributed by atoms with E-state index in [0.717, 1.165) is 6.07 Å². The molecule has 0 atom stereocenters. The number of halogens is 2. The summed E-state index contributed by atoms with van der Waals surface area (Å²) in [5.74, 6) is -1.50. The molecule has 1 amide bonds. The van der Waals surface area contributed by atoms with Gasteiger partial charge in [-0.1, -0.05) is 6.07 Å². The van der Waals surface area contributed by atoms with Crippen molar-refractivity contribution < 1.29 is 22.0 Å². The smallest absolute Gasteiger partial charge is 0.315 e. The predicted octanol–water partition coefficient (Wildman–Crippen LogP) is 0.846. The van der Waals surface area contributed by atoms with Gasteiger partial charge in [0, 0.05) is 5.69 Å². The Bertz CT molecular complexity index is 543. The second-order valence-corrected chi connectivity index (χ2v) is 4.87. The van der Waals surface area contributed by atoms with Crippen LogP contribution in [-0.2, 0) is 14.8 Å². The SMILES string of the molecule is Cc1ccc(S(N)(=O)=O)cc1NC(=O)C(F)F. The van der Waals surface area contributed by atoms with E-state index in [9.17, 15) is 22.0 Å². The maximum absolute atomic E-state index is 12.0. The van der Waals surface area contributed by atoms with Crippen molar-refractivity contribution in [3.63, 3.8) is 0 Å². The number of hydrogen-bond donors (Lipinski definition) is 2. The van der Waals surface area contributed by atoms with Gasteiger partial charge in [-0.2, -0.15) is 8.78 Å². The van der Waals surface area contributed by atoms with Gasteiger partial charge in [0.2, 0.25) is 10.0 Å². The number of benzene rings is 1. The molecule has 8 heteroatoms. The minimum atomic E-state index is -3.94. The van der Waals surface area contributed by atoms with Gasteiger partial charge in [0.15, 0.2) is 0 Å². The summed E-state index contributed by atoms with van der Waals surface area (Å²) in [6.07, 6.45) is -3.17. The third-order valence-corrected chi connectivity index (χ3v) is 2.90. The molecular formula is C9H10F2N2O3S. The molecule has 0 aliphatic heterocycles. The molecular weight excluding hydrogens is 254 g/mol. The van der Waals surface area contributed by atoms with Gasteiger partial charge in [-0.05, 0) is 24.6 Å². The van der Waals surface area contributed by atoms with E-state index in [4.69, 9.17) is 5.14 Å². The predicted molar refractivity (Wildman–Crippen MR) is 57.2 cm³/mol. The van der Waals surface area contributed by atoms with Crippen LogP contribution in [0.3, 0.4) is 0 Å². The fourth-order valence-corrected chi connectivity index (χ4v) is 1.64. The standard InChI is InChI=1S/C9H10F2N2O3S/c1-5-2-3-6(17(12,15)16)4-7(5)13-9(14)8(10)11/h2-4,8H,1H3,(H,13,14)(H2,12,15,16). The highest BCUT2D eigenvalue weighted by atomic mass is 32.2. The van der Waals surface area contributed by atoms with Gasteiger partial charge in [-0.25, -0.2) is 13.6 Å². The summed E-state index contributed by atoms with van der Waals surface area (Å²) >= 11 is 0. The van der Waals surface area contributed by atoms with Gasteiger partial charge in [0.25, 0.3) is 5.91 Å². The molecule has 0 radical (unpaired) electrons. The zero-order chi connectivity index (χ0) is 13.2. The number of amides is 1. The lowest BCUT2D eigenvalue weighted by molar-refractivity contribution is -0.126. The summed E-state index contributed by atoms with van der Waals surface area (Å²) in [4.78, 5) is 10.5. The molecule has 0 aromatic heterocycles. The average Bonchev–Trinajstić information content (AvgIpc) is 2.19. The average molecular weight is 264 g/mol. The van der Waals surface area contributed by atoms with E-state index >= 15 is 0 Å². The number of sulfonamides is 1. The summed E-state index contributed by atoms with van der Waals surface area (Å²) in [7, 11) is -3.94. The third kappa shape index (κ3) is 3.46. The van der Waals surface area contributed by atoms with Gasteiger partial charge < -0.3 is 5.32 Å². The molecule has 1 aromatic rings. The van der Waals surface area contributed by atoms with Gasteiger partial charge >= 0.3 is 6.43 Å². The second-order valence-electron chi connectivity index (χ2n) is 3.31. The second kappa shape index (κ2) is 4.76. The number of nitrogens with one attached hydrogen (secondary N) is 1. The normalized spacial score (nSPS) is 11.6. The first-order valence-corrected chi connectivity index (χ1v) is 5.99. The van der Waals surface area contributed by atoms with Gasteiger partial charge in [-0.15, -0.1) is 0 Å². The summed E-state index contributed by atoms with van der Waals surface area (Å²) in [6.45, 7) is 1.54. The zero-order valence-electron chi connectivity index (χ0n) is 8.78. The van der Waals surface area contributed by atoms with E-state index in [1.165, 1.54) is 19.1 Å². The highest BCUT2D eigenvalue weighted by Crippen LogP contribution is 2.19. The Morgan fingerprint density at radius 3 is 2.47 bits per heavy atom. The third-order valence-electron chi connectivity index (χ3n) is 1.99. The van der Waals surface area contributed by atoms with Crippen molar-refractivity contribution in [2.24, 2.45) is 5.14 Å². The Morgan fingerprint density at radius 2 is 2.00 bits per heavy atom. The van der Waals surface area contributed by atoms with Crippen molar-refractivity contribution in [3.8, 4) is 0 Å².